The van der Waals surface area contributed by atoms with Crippen LogP contribution in [-0.4, -0.2) is 16.4 Å². The maximum atomic E-state index is 11.2. The Morgan fingerprint density at radius 3 is 2.64 bits per heavy atom. The van der Waals surface area contributed by atoms with Crippen molar-refractivity contribution in [3.8, 4) is 0 Å². The van der Waals surface area contributed by atoms with Crippen molar-refractivity contribution in [2.45, 2.75) is 11.7 Å². The van der Waals surface area contributed by atoms with Crippen LogP contribution in [0.1, 0.15) is 5.56 Å². The number of nitrogens with zero attached hydrogens (tertiary/aromatic N) is 1. The molecule has 1 amide bonds. The molecule has 2 rings (SSSR count). The van der Waals surface area contributed by atoms with Crippen LogP contribution in [0.4, 0.5) is 0 Å². The lowest BCUT2D eigenvalue weighted by atomic mass is 10.1. The number of amides is 1. The van der Waals surface area contributed by atoms with Gasteiger partial charge in [-0.05, 0) is 12.0 Å². The average molecular weight is 206 g/mol. The van der Waals surface area contributed by atoms with E-state index in [0.29, 0.717) is 6.42 Å². The highest BCUT2D eigenvalue weighted by atomic mass is 32.2. The Balaban J connectivity index is 2.04. The van der Waals surface area contributed by atoms with Gasteiger partial charge in [0.25, 0.3) is 5.91 Å². The van der Waals surface area contributed by atoms with E-state index in [1.165, 1.54) is 0 Å². The molecule has 72 valence electrons. The summed E-state index contributed by atoms with van der Waals surface area (Å²) in [6.45, 7) is 0. The van der Waals surface area contributed by atoms with Crippen LogP contribution in [0.15, 0.2) is 35.3 Å². The molecule has 3 nitrogen and oxygen atoms in total. The summed E-state index contributed by atoms with van der Waals surface area (Å²) in [5.41, 5.74) is 1.06. The van der Waals surface area contributed by atoms with Crippen LogP contribution in [0.2, 0.25) is 0 Å². The summed E-state index contributed by atoms with van der Waals surface area (Å²) in [4.78, 5) is 14.5. The van der Waals surface area contributed by atoms with Gasteiger partial charge in [-0.1, -0.05) is 30.3 Å². The van der Waals surface area contributed by atoms with E-state index in [2.05, 4.69) is 4.99 Å². The van der Waals surface area contributed by atoms with Crippen LogP contribution in [0.5, 0.6) is 0 Å². The highest BCUT2D eigenvalue weighted by molar-refractivity contribution is 8.14. The number of carbonyl (C=O) groups is 1. The van der Waals surface area contributed by atoms with Crippen molar-refractivity contribution in [2.24, 2.45) is 4.99 Å². The first-order chi connectivity index (χ1) is 6.75. The number of hydrogen-bond acceptors (Lipinski definition) is 3. The van der Waals surface area contributed by atoms with Crippen molar-refractivity contribution in [1.29, 1.82) is 0 Å². The monoisotopic (exact) mass is 206 g/mol. The minimum Gasteiger partial charge on any atom is -0.854 e. The Bertz CT molecular complexity index is 375. The van der Waals surface area contributed by atoms with Gasteiger partial charge in [-0.15, -0.1) is 11.8 Å². The molecule has 0 aromatic heterocycles. The van der Waals surface area contributed by atoms with E-state index in [0.717, 1.165) is 17.3 Å². The number of aliphatic imine (C=N–C) groups is 1. The molecule has 0 fully saturated rings. The molecule has 14 heavy (non-hydrogen) atoms. The van der Waals surface area contributed by atoms with Gasteiger partial charge in [-0.25, -0.2) is 4.99 Å². The van der Waals surface area contributed by atoms with Gasteiger partial charge in [0.05, 0.1) is 5.25 Å². The Morgan fingerprint density at radius 1 is 1.36 bits per heavy atom. The molecule has 0 aliphatic carbocycles. The smallest absolute Gasteiger partial charge is 0.259 e. The highest BCUT2D eigenvalue weighted by Gasteiger charge is 2.23. The molecule has 1 aromatic rings. The van der Waals surface area contributed by atoms with Crippen LogP contribution in [0.3, 0.4) is 0 Å². The normalized spacial score (nSPS) is 21.0. The van der Waals surface area contributed by atoms with Gasteiger partial charge in [0, 0.05) is 5.23 Å². The van der Waals surface area contributed by atoms with E-state index >= 15 is 0 Å². The molecule has 0 N–H and O–H groups in total. The quantitative estimate of drug-likeness (QED) is 0.711. The molecule has 1 aliphatic heterocycles. The van der Waals surface area contributed by atoms with Crippen LogP contribution in [0, 0.1) is 0 Å². The second kappa shape index (κ2) is 3.84. The molecule has 0 unspecified atom stereocenters. The standard InChI is InChI=1S/C10H9NO2S/c12-9-8(14-10(13)11-9)6-7-4-2-1-3-5-7/h1-5,8H,6H2,(H,11,12,13)/p-1/t8-/m1/s1. The van der Waals surface area contributed by atoms with Gasteiger partial charge in [0.2, 0.25) is 0 Å². The molecular weight excluding hydrogens is 198 g/mol. The largest absolute Gasteiger partial charge is 0.854 e. The summed E-state index contributed by atoms with van der Waals surface area (Å²) in [5, 5.41) is 10.1. The van der Waals surface area contributed by atoms with Crippen LogP contribution in [0.25, 0.3) is 0 Å². The molecule has 0 spiro atoms. The van der Waals surface area contributed by atoms with E-state index in [4.69, 9.17) is 0 Å². The fraction of sp³-hybridized carbons (Fsp3) is 0.200. The summed E-state index contributed by atoms with van der Waals surface area (Å²) >= 11 is 1.01. The fourth-order valence-electron chi connectivity index (χ4n) is 1.32. The predicted octanol–water partition coefficient (Wildman–Crippen LogP) is 0.587. The van der Waals surface area contributed by atoms with Crippen LogP contribution in [-0.2, 0) is 11.2 Å². The molecule has 4 heteroatoms. The van der Waals surface area contributed by atoms with Crippen LogP contribution < -0.4 is 5.11 Å². The van der Waals surface area contributed by atoms with E-state index in [1.807, 2.05) is 30.3 Å². The third-order valence-corrected chi connectivity index (χ3v) is 2.93. The summed E-state index contributed by atoms with van der Waals surface area (Å²) in [7, 11) is 0. The molecule has 1 atom stereocenters. The van der Waals surface area contributed by atoms with Crippen molar-refractivity contribution in [2.75, 3.05) is 0 Å². The Morgan fingerprint density at radius 2 is 2.07 bits per heavy atom. The minimum absolute atomic E-state index is 0.302. The summed E-state index contributed by atoms with van der Waals surface area (Å²) in [6.07, 6.45) is 0.583. The molecule has 0 radical (unpaired) electrons. The molecule has 1 aromatic carbocycles. The van der Waals surface area contributed by atoms with Gasteiger partial charge in [0.15, 0.2) is 0 Å². The first-order valence-corrected chi connectivity index (χ1v) is 5.14. The van der Waals surface area contributed by atoms with Gasteiger partial charge in [-0.3, -0.25) is 4.79 Å². The Labute approximate surface area is 85.9 Å². The molecule has 1 heterocycles. The van der Waals surface area contributed by atoms with E-state index in [-0.39, 0.29) is 16.4 Å². The topological polar surface area (TPSA) is 52.5 Å². The lowest BCUT2D eigenvalue weighted by Crippen LogP contribution is -2.15. The zero-order chi connectivity index (χ0) is 9.97. The van der Waals surface area contributed by atoms with Crippen molar-refractivity contribution < 1.29 is 9.90 Å². The number of benzene rings is 1. The number of thioether (sulfide) groups is 1. The molecule has 0 saturated carbocycles. The average Bonchev–Trinajstić information content (AvgIpc) is 2.47. The second-order valence-corrected chi connectivity index (χ2v) is 4.17. The Kier molecular flexibility index (Phi) is 2.54. The SMILES string of the molecule is O=C1N=C([O-])S[C@@H]1Cc1ccccc1. The van der Waals surface area contributed by atoms with Crippen molar-refractivity contribution in [1.82, 2.24) is 0 Å². The lowest BCUT2D eigenvalue weighted by molar-refractivity contribution is -0.205. The third kappa shape index (κ3) is 1.96. The summed E-state index contributed by atoms with van der Waals surface area (Å²) in [5.74, 6) is -0.302. The van der Waals surface area contributed by atoms with Gasteiger partial charge in [-0.2, -0.15) is 0 Å². The third-order valence-electron chi connectivity index (χ3n) is 1.98. The van der Waals surface area contributed by atoms with Crippen molar-refractivity contribution in [3.05, 3.63) is 35.9 Å². The van der Waals surface area contributed by atoms with Crippen LogP contribution >= 0.6 is 11.8 Å². The first-order valence-electron chi connectivity index (χ1n) is 4.26. The van der Waals surface area contributed by atoms with Gasteiger partial charge >= 0.3 is 0 Å². The van der Waals surface area contributed by atoms with E-state index in [1.54, 1.807) is 0 Å². The van der Waals surface area contributed by atoms with Gasteiger partial charge in [0.1, 0.15) is 0 Å². The van der Waals surface area contributed by atoms with Gasteiger partial charge < -0.3 is 5.11 Å². The zero-order valence-electron chi connectivity index (χ0n) is 7.34. The van der Waals surface area contributed by atoms with Crippen molar-refractivity contribution in [3.63, 3.8) is 0 Å². The van der Waals surface area contributed by atoms with E-state index in [9.17, 15) is 9.90 Å². The predicted molar refractivity (Wildman–Crippen MR) is 54.0 cm³/mol. The second-order valence-electron chi connectivity index (χ2n) is 3.01. The Hall–Kier alpha value is -1.29. The van der Waals surface area contributed by atoms with E-state index < -0.39 is 0 Å². The first kappa shape index (κ1) is 9.27. The maximum absolute atomic E-state index is 11.2. The molecule has 1 aliphatic rings. The molecular formula is C10H8NO2S-. The lowest BCUT2D eigenvalue weighted by Gasteiger charge is -2.07. The zero-order valence-corrected chi connectivity index (χ0v) is 8.16. The number of hydrogen-bond donors (Lipinski definition) is 0. The number of rotatable bonds is 2. The minimum atomic E-state index is -0.365. The molecule has 0 bridgehead atoms. The fourth-order valence-corrected chi connectivity index (χ4v) is 2.13. The highest BCUT2D eigenvalue weighted by Crippen LogP contribution is 2.23. The van der Waals surface area contributed by atoms with Crippen molar-refractivity contribution >= 4 is 22.9 Å². The summed E-state index contributed by atoms with van der Waals surface area (Å²) < 4.78 is 0. The summed E-state index contributed by atoms with van der Waals surface area (Å²) in [6, 6.07) is 9.63. The maximum Gasteiger partial charge on any atom is 0.259 e. The number of carbonyl (C=O) groups excluding carboxylic acids is 1. The molecule has 0 saturated heterocycles.